The molecule has 20 heavy (non-hydrogen) atoms. The first-order chi connectivity index (χ1) is 9.56. The number of rotatable bonds is 5. The molecule has 0 bridgehead atoms. The first-order valence-corrected chi connectivity index (χ1v) is 8.49. The molecule has 1 unspecified atom stereocenters. The molecule has 1 heterocycles. The summed E-state index contributed by atoms with van der Waals surface area (Å²) in [5.41, 5.74) is 3.39. The summed E-state index contributed by atoms with van der Waals surface area (Å²) < 4.78 is 16.1. The number of alkyl halides is 1. The van der Waals surface area contributed by atoms with Crippen molar-refractivity contribution < 1.29 is 4.39 Å². The van der Waals surface area contributed by atoms with Crippen LogP contribution in [0, 0.1) is 5.82 Å². The molecule has 0 N–H and O–H groups in total. The second kappa shape index (κ2) is 6.85. The Balaban J connectivity index is 2.26. The van der Waals surface area contributed by atoms with Gasteiger partial charge in [-0.1, -0.05) is 35.0 Å². The number of hydrogen-bond acceptors (Lipinski definition) is 1. The minimum Gasteiger partial charge on any atom is -0.271 e. The maximum absolute atomic E-state index is 13.0. The van der Waals surface area contributed by atoms with Gasteiger partial charge in [-0.2, -0.15) is 5.10 Å². The van der Waals surface area contributed by atoms with Crippen molar-refractivity contribution in [3.05, 3.63) is 51.5 Å². The van der Waals surface area contributed by atoms with Gasteiger partial charge in [-0.05, 0) is 52.4 Å². The largest absolute Gasteiger partial charge is 0.271 e. The van der Waals surface area contributed by atoms with Gasteiger partial charge in [-0.25, -0.2) is 4.39 Å². The number of benzene rings is 1. The van der Waals surface area contributed by atoms with E-state index in [1.807, 2.05) is 23.9 Å². The van der Waals surface area contributed by atoms with E-state index in [-0.39, 0.29) is 5.82 Å². The highest BCUT2D eigenvalue weighted by molar-refractivity contribution is 9.10. The Hall–Kier alpha value is -0.680. The smallest absolute Gasteiger partial charge is 0.123 e. The van der Waals surface area contributed by atoms with Gasteiger partial charge in [0.1, 0.15) is 5.82 Å². The van der Waals surface area contributed by atoms with Crippen LogP contribution in [0.25, 0.3) is 0 Å². The van der Waals surface area contributed by atoms with Crippen molar-refractivity contribution in [1.29, 1.82) is 0 Å². The number of nitrogens with zero attached hydrogens (tertiary/aromatic N) is 2. The Morgan fingerprint density at radius 3 is 2.45 bits per heavy atom. The van der Waals surface area contributed by atoms with Crippen LogP contribution < -0.4 is 0 Å². The zero-order chi connectivity index (χ0) is 14.7. The van der Waals surface area contributed by atoms with E-state index in [4.69, 9.17) is 0 Å². The highest BCUT2D eigenvalue weighted by Crippen LogP contribution is 2.29. The Labute approximate surface area is 135 Å². The van der Waals surface area contributed by atoms with Gasteiger partial charge >= 0.3 is 0 Å². The first kappa shape index (κ1) is 15.7. The summed E-state index contributed by atoms with van der Waals surface area (Å²) in [7, 11) is 1.97. The minimum atomic E-state index is -0.197. The summed E-state index contributed by atoms with van der Waals surface area (Å²) in [5, 5.41) is 5.35. The van der Waals surface area contributed by atoms with Gasteiger partial charge in [0.05, 0.1) is 15.9 Å². The van der Waals surface area contributed by atoms with Crippen molar-refractivity contribution in [2.24, 2.45) is 7.05 Å². The van der Waals surface area contributed by atoms with Gasteiger partial charge in [-0.15, -0.1) is 0 Å². The third-order valence-corrected chi connectivity index (χ3v) is 5.17. The Morgan fingerprint density at radius 1 is 1.30 bits per heavy atom. The second-order valence-corrected chi connectivity index (χ2v) is 6.23. The lowest BCUT2D eigenvalue weighted by atomic mass is 9.96. The van der Waals surface area contributed by atoms with Gasteiger partial charge in [0.25, 0.3) is 0 Å². The molecule has 2 rings (SSSR count). The van der Waals surface area contributed by atoms with Crippen LogP contribution in [-0.4, -0.2) is 15.1 Å². The van der Waals surface area contributed by atoms with Crippen LogP contribution in [0.1, 0.15) is 29.8 Å². The van der Waals surface area contributed by atoms with Crippen molar-refractivity contribution >= 4 is 31.9 Å². The zero-order valence-electron chi connectivity index (χ0n) is 11.5. The Morgan fingerprint density at radius 2 is 1.95 bits per heavy atom. The molecular weight excluding hydrogens is 387 g/mol. The van der Waals surface area contributed by atoms with Gasteiger partial charge < -0.3 is 0 Å². The predicted molar refractivity (Wildman–Crippen MR) is 86.9 cm³/mol. The molecule has 2 nitrogen and oxygen atoms in total. The maximum Gasteiger partial charge on any atom is 0.123 e. The summed E-state index contributed by atoms with van der Waals surface area (Å²) in [6.45, 7) is 2.10. The van der Waals surface area contributed by atoms with E-state index in [1.54, 1.807) is 0 Å². The highest BCUT2D eigenvalue weighted by Gasteiger charge is 2.18. The van der Waals surface area contributed by atoms with Crippen LogP contribution in [0.3, 0.4) is 0 Å². The first-order valence-electron chi connectivity index (χ1n) is 6.58. The van der Waals surface area contributed by atoms with E-state index in [9.17, 15) is 4.39 Å². The third-order valence-electron chi connectivity index (χ3n) is 3.47. The molecule has 0 amide bonds. The average molecular weight is 404 g/mol. The molecule has 5 heteroatoms. The SMILES string of the molecule is CCc1nn(C)c(CC(CBr)c2ccc(F)cc2)c1Br. The van der Waals surface area contributed by atoms with E-state index in [0.29, 0.717) is 5.92 Å². The number of aryl methyl sites for hydroxylation is 2. The molecule has 0 aliphatic heterocycles. The molecule has 1 atom stereocenters. The lowest BCUT2D eigenvalue weighted by Gasteiger charge is -2.15. The van der Waals surface area contributed by atoms with Crippen LogP contribution >= 0.6 is 31.9 Å². The lowest BCUT2D eigenvalue weighted by molar-refractivity contribution is 0.623. The van der Waals surface area contributed by atoms with E-state index in [1.165, 1.54) is 17.8 Å². The quantitative estimate of drug-likeness (QED) is 0.666. The van der Waals surface area contributed by atoms with Gasteiger partial charge in [0.15, 0.2) is 0 Å². The normalized spacial score (nSPS) is 12.7. The fraction of sp³-hybridized carbons (Fsp3) is 0.400. The molecular formula is C15H17Br2FN2. The van der Waals surface area contributed by atoms with Crippen LogP contribution in [0.15, 0.2) is 28.7 Å². The summed E-state index contributed by atoms with van der Waals surface area (Å²) in [6.07, 6.45) is 1.77. The molecule has 0 aliphatic carbocycles. The van der Waals surface area contributed by atoms with E-state index >= 15 is 0 Å². The van der Waals surface area contributed by atoms with Crippen LogP contribution in [0.4, 0.5) is 4.39 Å². The van der Waals surface area contributed by atoms with E-state index in [0.717, 1.165) is 33.9 Å². The molecule has 0 saturated heterocycles. The van der Waals surface area contributed by atoms with Crippen molar-refractivity contribution in [1.82, 2.24) is 9.78 Å². The monoisotopic (exact) mass is 402 g/mol. The highest BCUT2D eigenvalue weighted by atomic mass is 79.9. The van der Waals surface area contributed by atoms with Crippen LogP contribution in [0.2, 0.25) is 0 Å². The van der Waals surface area contributed by atoms with Crippen molar-refractivity contribution in [2.45, 2.75) is 25.7 Å². The second-order valence-electron chi connectivity index (χ2n) is 4.79. The summed E-state index contributed by atoms with van der Waals surface area (Å²) in [4.78, 5) is 0. The molecule has 108 valence electrons. The standard InChI is InChI=1S/C15H17Br2FN2/c1-3-13-15(17)14(20(2)19-13)8-11(9-16)10-4-6-12(18)7-5-10/h4-7,11H,3,8-9H2,1-2H3. The molecule has 0 spiro atoms. The van der Waals surface area contributed by atoms with Crippen LogP contribution in [-0.2, 0) is 19.9 Å². The molecule has 0 radical (unpaired) electrons. The summed E-state index contributed by atoms with van der Waals surface area (Å²) >= 11 is 7.21. The van der Waals surface area contributed by atoms with Crippen molar-refractivity contribution in [3.63, 3.8) is 0 Å². The minimum absolute atomic E-state index is 0.197. The van der Waals surface area contributed by atoms with Crippen molar-refractivity contribution in [3.8, 4) is 0 Å². The van der Waals surface area contributed by atoms with E-state index < -0.39 is 0 Å². The van der Waals surface area contributed by atoms with Gasteiger partial charge in [-0.3, -0.25) is 4.68 Å². The Bertz CT molecular complexity index is 578. The molecule has 0 saturated carbocycles. The summed E-state index contributed by atoms with van der Waals surface area (Å²) in [5.74, 6) is 0.101. The summed E-state index contributed by atoms with van der Waals surface area (Å²) in [6, 6.07) is 6.74. The molecule has 0 aliphatic rings. The molecule has 2 aromatic rings. The molecule has 1 aromatic heterocycles. The van der Waals surface area contributed by atoms with Crippen molar-refractivity contribution in [2.75, 3.05) is 5.33 Å². The fourth-order valence-electron chi connectivity index (χ4n) is 2.27. The fourth-order valence-corrected chi connectivity index (χ4v) is 3.65. The number of halogens is 3. The zero-order valence-corrected chi connectivity index (χ0v) is 14.7. The van der Waals surface area contributed by atoms with Gasteiger partial charge in [0.2, 0.25) is 0 Å². The number of hydrogen-bond donors (Lipinski definition) is 0. The van der Waals surface area contributed by atoms with E-state index in [2.05, 4.69) is 43.9 Å². The van der Waals surface area contributed by atoms with Crippen LogP contribution in [0.5, 0.6) is 0 Å². The number of aromatic nitrogens is 2. The maximum atomic E-state index is 13.0. The molecule has 1 aromatic carbocycles. The van der Waals surface area contributed by atoms with Gasteiger partial charge in [0, 0.05) is 12.4 Å². The average Bonchev–Trinajstić information content (AvgIpc) is 2.72. The lowest BCUT2D eigenvalue weighted by Crippen LogP contribution is -2.09. The Kier molecular flexibility index (Phi) is 5.38. The third kappa shape index (κ3) is 3.31. The molecule has 0 fully saturated rings. The predicted octanol–water partition coefficient (Wildman–Crippen LogP) is 4.61. The topological polar surface area (TPSA) is 17.8 Å².